The summed E-state index contributed by atoms with van der Waals surface area (Å²) in [6.07, 6.45) is 0. The molecule has 0 rings (SSSR count). The molecule has 0 aliphatic rings. The van der Waals surface area contributed by atoms with E-state index in [1.54, 1.807) is 6.92 Å². The molecule has 1 unspecified atom stereocenters. The molecule has 0 fully saturated rings. The molecule has 78 valence electrons. The molecule has 0 aromatic rings. The standard InChI is InChI=1S/C9H19O.2CH3.Al/c1-7(2)9(6,10)8(3,4)5;;;/h7H,1-6H3;2*1H3;/q-1;;;+1. The first kappa shape index (κ1) is 15.9. The van der Waals surface area contributed by atoms with Crippen molar-refractivity contribution in [3.05, 3.63) is 0 Å². The van der Waals surface area contributed by atoms with Crippen molar-refractivity contribution in [2.75, 3.05) is 0 Å². The molecule has 0 N–H and O–H groups in total. The quantitative estimate of drug-likeness (QED) is 0.597. The molecule has 0 aliphatic carbocycles. The fourth-order valence-corrected chi connectivity index (χ4v) is 0.866. The van der Waals surface area contributed by atoms with E-state index >= 15 is 0 Å². The normalized spacial score (nSPS) is 15.5. The van der Waals surface area contributed by atoms with E-state index in [-0.39, 0.29) is 11.3 Å². The van der Waals surface area contributed by atoms with Gasteiger partial charge in [-0.05, 0) is 5.41 Å². The Kier molecular flexibility index (Phi) is 7.44. The third-order valence-electron chi connectivity index (χ3n) is 2.59. The second-order valence-corrected chi connectivity index (χ2v) is 6.24. The summed E-state index contributed by atoms with van der Waals surface area (Å²) in [5.74, 6) is 4.62. The van der Waals surface area contributed by atoms with Gasteiger partial charge in [0.25, 0.3) is 0 Å². The predicted molar refractivity (Wildman–Crippen MR) is 60.2 cm³/mol. The van der Waals surface area contributed by atoms with Gasteiger partial charge < -0.3 is 5.11 Å². The molecule has 0 bridgehead atoms. The second-order valence-electron chi connectivity index (χ2n) is 5.09. The molecule has 0 heterocycles. The van der Waals surface area contributed by atoms with Crippen LogP contribution in [0, 0.1) is 11.3 Å². The molecule has 0 saturated carbocycles. The second kappa shape index (κ2) is 6.07. The first-order valence-electron chi connectivity index (χ1n) is 5.05. The van der Waals surface area contributed by atoms with Crippen LogP contribution in [-0.2, 0) is 0 Å². The fraction of sp³-hybridized carbons (Fsp3) is 1.00. The van der Waals surface area contributed by atoms with Crippen LogP contribution in [0.4, 0.5) is 0 Å². The maximum absolute atomic E-state index is 11.8. The van der Waals surface area contributed by atoms with Crippen LogP contribution in [0.2, 0.25) is 11.6 Å². The topological polar surface area (TPSA) is 23.1 Å². The molecule has 0 radical (unpaired) electrons. The predicted octanol–water partition coefficient (Wildman–Crippen LogP) is 2.59. The van der Waals surface area contributed by atoms with Crippen molar-refractivity contribution >= 4 is 15.2 Å². The Bertz CT molecular complexity index is 123. The molecule has 1 nitrogen and oxygen atoms in total. The van der Waals surface area contributed by atoms with Crippen LogP contribution in [0.15, 0.2) is 0 Å². The minimum atomic E-state index is -0.812. The van der Waals surface area contributed by atoms with Gasteiger partial charge in [0.05, 0.1) is 0 Å². The van der Waals surface area contributed by atoms with Gasteiger partial charge in [-0.2, -0.15) is 0 Å². The summed E-state index contributed by atoms with van der Waals surface area (Å²) in [5, 5.41) is 11.8. The minimum absolute atomic E-state index is 0.138. The Morgan fingerprint density at radius 2 is 1.23 bits per heavy atom. The van der Waals surface area contributed by atoms with Crippen LogP contribution < -0.4 is 5.11 Å². The summed E-state index contributed by atoms with van der Waals surface area (Å²) in [5.41, 5.74) is -0.950. The van der Waals surface area contributed by atoms with Crippen molar-refractivity contribution in [3.8, 4) is 0 Å². The van der Waals surface area contributed by atoms with Gasteiger partial charge in [-0.15, -0.1) is 5.60 Å². The Morgan fingerprint density at radius 3 is 1.23 bits per heavy atom. The zero-order chi connectivity index (χ0) is 11.3. The zero-order valence-corrected chi connectivity index (χ0v) is 11.7. The summed E-state index contributed by atoms with van der Waals surface area (Å²) in [6, 6.07) is 0. The van der Waals surface area contributed by atoms with Crippen LogP contribution >= 0.6 is 0 Å². The van der Waals surface area contributed by atoms with Gasteiger partial charge in [-0.1, -0.05) is 47.5 Å². The third kappa shape index (κ3) is 5.73. The van der Waals surface area contributed by atoms with Gasteiger partial charge in [0.2, 0.25) is 0 Å². The van der Waals surface area contributed by atoms with Crippen molar-refractivity contribution in [2.24, 2.45) is 11.3 Å². The van der Waals surface area contributed by atoms with E-state index in [1.165, 1.54) is 0 Å². The van der Waals surface area contributed by atoms with Gasteiger partial charge in [0.15, 0.2) is 0 Å². The van der Waals surface area contributed by atoms with Crippen molar-refractivity contribution in [1.82, 2.24) is 0 Å². The Balaban J connectivity index is 0. The third-order valence-corrected chi connectivity index (χ3v) is 2.59. The van der Waals surface area contributed by atoms with E-state index < -0.39 is 5.60 Å². The molecule has 0 aromatic heterocycles. The molecular weight excluding hydrogens is 175 g/mol. The molecule has 0 amide bonds. The summed E-state index contributed by atoms with van der Waals surface area (Å²) < 4.78 is 0. The number of hydrogen-bond donors (Lipinski definition) is 0. The van der Waals surface area contributed by atoms with Crippen molar-refractivity contribution in [3.63, 3.8) is 0 Å². The van der Waals surface area contributed by atoms with Crippen LogP contribution in [0.25, 0.3) is 0 Å². The van der Waals surface area contributed by atoms with Crippen LogP contribution in [0.5, 0.6) is 0 Å². The molecule has 0 saturated heterocycles. The molecule has 2 heteroatoms. The summed E-state index contributed by atoms with van der Waals surface area (Å²) in [7, 11) is 0. The van der Waals surface area contributed by atoms with E-state index in [4.69, 9.17) is 0 Å². The van der Waals surface area contributed by atoms with Gasteiger partial charge in [-0.25, -0.2) is 0 Å². The van der Waals surface area contributed by atoms with E-state index in [0.717, 1.165) is 15.2 Å². The van der Waals surface area contributed by atoms with Crippen molar-refractivity contribution in [1.29, 1.82) is 0 Å². The van der Waals surface area contributed by atoms with Crippen LogP contribution in [0.3, 0.4) is 0 Å². The average molecular weight is 200 g/mol. The molecule has 0 aliphatic heterocycles. The van der Waals surface area contributed by atoms with Crippen LogP contribution in [-0.4, -0.2) is 20.8 Å². The first-order valence-corrected chi connectivity index (χ1v) is 7.36. The number of hydrogen-bond acceptors (Lipinski definition) is 1. The Morgan fingerprint density at radius 1 is 1.00 bits per heavy atom. The zero-order valence-electron chi connectivity index (χ0n) is 10.6. The first-order chi connectivity index (χ1) is 5.61. The monoisotopic (exact) mass is 200 g/mol. The molecule has 1 atom stereocenters. The van der Waals surface area contributed by atoms with E-state index in [0.29, 0.717) is 0 Å². The van der Waals surface area contributed by atoms with Crippen LogP contribution in [0.1, 0.15) is 41.5 Å². The summed E-state index contributed by atoms with van der Waals surface area (Å²) >= 11 is 0.750. The summed E-state index contributed by atoms with van der Waals surface area (Å²) in [4.78, 5) is 0. The van der Waals surface area contributed by atoms with E-state index in [9.17, 15) is 5.11 Å². The Labute approximate surface area is 90.6 Å². The molecule has 0 spiro atoms. The molecule has 0 aromatic carbocycles. The molecular formula is C11H25AlO. The average Bonchev–Trinajstić information content (AvgIpc) is 1.86. The van der Waals surface area contributed by atoms with Gasteiger partial charge in [0, 0.05) is 0 Å². The fourth-order valence-electron chi connectivity index (χ4n) is 0.866. The summed E-state index contributed by atoms with van der Waals surface area (Å²) in [6.45, 7) is 11.8. The maximum atomic E-state index is 11.8. The molecule has 13 heavy (non-hydrogen) atoms. The van der Waals surface area contributed by atoms with Crippen molar-refractivity contribution < 1.29 is 5.11 Å². The SMILES string of the molecule is CC(C)C(C)([O-])C(C)(C)C.[CH3][Al+][CH3]. The van der Waals surface area contributed by atoms with Gasteiger partial charge >= 0.3 is 26.8 Å². The van der Waals surface area contributed by atoms with E-state index in [1.807, 2.05) is 34.6 Å². The van der Waals surface area contributed by atoms with Gasteiger partial charge in [-0.3, -0.25) is 0 Å². The van der Waals surface area contributed by atoms with Crippen molar-refractivity contribution in [2.45, 2.75) is 58.7 Å². The Hall–Kier alpha value is 0.492. The number of rotatable bonds is 1. The van der Waals surface area contributed by atoms with E-state index in [2.05, 4.69) is 11.6 Å². The van der Waals surface area contributed by atoms with Gasteiger partial charge in [0.1, 0.15) is 0 Å².